The smallest absolute Gasteiger partial charge is 0.0487 e. The Morgan fingerprint density at radius 1 is 0.800 bits per heavy atom. The molecule has 3 heteroatoms. The van der Waals surface area contributed by atoms with Gasteiger partial charge < -0.3 is 14.9 Å². The Balaban J connectivity index is 2.65. The van der Waals surface area contributed by atoms with E-state index in [0.717, 1.165) is 12.8 Å². The fourth-order valence-corrected chi connectivity index (χ4v) is 0.585. The van der Waals surface area contributed by atoms with E-state index in [1.54, 1.807) is 0 Å². The number of unbranched alkanes of at least 4 members (excludes halogenated alkanes) is 1. The Kier molecular flexibility index (Phi) is 8.77. The molecule has 0 saturated heterocycles. The molecule has 0 radical (unpaired) electrons. The first-order valence-electron chi connectivity index (χ1n) is 3.71. The van der Waals surface area contributed by atoms with Gasteiger partial charge in [-0.15, -0.1) is 0 Å². The zero-order chi connectivity index (χ0) is 7.66. The van der Waals surface area contributed by atoms with Crippen LogP contribution in [0.2, 0.25) is 0 Å². The third-order valence-corrected chi connectivity index (χ3v) is 1.14. The molecule has 0 heterocycles. The fraction of sp³-hybridized carbons (Fsp3) is 1.00. The molecular formula is C7H16O3. The maximum Gasteiger partial charge on any atom is 0.0487 e. The van der Waals surface area contributed by atoms with Crippen LogP contribution in [-0.2, 0) is 4.74 Å². The molecule has 10 heavy (non-hydrogen) atoms. The van der Waals surface area contributed by atoms with Crippen molar-refractivity contribution in [3.63, 3.8) is 0 Å². The summed E-state index contributed by atoms with van der Waals surface area (Å²) in [5.74, 6) is 0. The molecule has 0 aromatic rings. The molecule has 0 amide bonds. The van der Waals surface area contributed by atoms with Crippen molar-refractivity contribution in [3.05, 3.63) is 0 Å². The molecule has 0 bridgehead atoms. The van der Waals surface area contributed by atoms with Gasteiger partial charge in [0, 0.05) is 26.4 Å². The van der Waals surface area contributed by atoms with Gasteiger partial charge in [0.1, 0.15) is 0 Å². The summed E-state index contributed by atoms with van der Waals surface area (Å²) in [6, 6.07) is 0. The lowest BCUT2D eigenvalue weighted by Crippen LogP contribution is -1.99. The average Bonchev–Trinajstić information content (AvgIpc) is 1.97. The SMILES string of the molecule is OCCCCOCCCO. The summed E-state index contributed by atoms with van der Waals surface area (Å²) in [5.41, 5.74) is 0. The lowest BCUT2D eigenvalue weighted by Gasteiger charge is -2.00. The van der Waals surface area contributed by atoms with Crippen LogP contribution in [0, 0.1) is 0 Å². The summed E-state index contributed by atoms with van der Waals surface area (Å²) in [6.07, 6.45) is 2.42. The zero-order valence-electron chi connectivity index (χ0n) is 6.25. The van der Waals surface area contributed by atoms with Crippen LogP contribution >= 0.6 is 0 Å². The van der Waals surface area contributed by atoms with Gasteiger partial charge in [0.05, 0.1) is 0 Å². The molecule has 3 nitrogen and oxygen atoms in total. The van der Waals surface area contributed by atoms with Gasteiger partial charge in [0.2, 0.25) is 0 Å². The minimum absolute atomic E-state index is 0.194. The second-order valence-electron chi connectivity index (χ2n) is 2.12. The standard InChI is InChI=1S/C7H16O3/c8-4-1-2-6-10-7-3-5-9/h8-9H,1-7H2. The van der Waals surface area contributed by atoms with E-state index in [9.17, 15) is 0 Å². The maximum absolute atomic E-state index is 8.37. The molecule has 0 aromatic heterocycles. The van der Waals surface area contributed by atoms with E-state index in [0.29, 0.717) is 19.6 Å². The van der Waals surface area contributed by atoms with E-state index >= 15 is 0 Å². The molecule has 0 atom stereocenters. The Hall–Kier alpha value is -0.120. The van der Waals surface area contributed by atoms with Gasteiger partial charge >= 0.3 is 0 Å². The van der Waals surface area contributed by atoms with Crippen LogP contribution in [0.25, 0.3) is 0 Å². The predicted molar refractivity (Wildman–Crippen MR) is 38.8 cm³/mol. The number of aliphatic hydroxyl groups is 2. The highest BCUT2D eigenvalue weighted by atomic mass is 16.5. The van der Waals surface area contributed by atoms with Gasteiger partial charge in [-0.25, -0.2) is 0 Å². The summed E-state index contributed by atoms with van der Waals surface area (Å²) in [4.78, 5) is 0. The Morgan fingerprint density at radius 3 is 2.00 bits per heavy atom. The summed E-state index contributed by atoms with van der Waals surface area (Å²) < 4.78 is 5.11. The Morgan fingerprint density at radius 2 is 1.40 bits per heavy atom. The van der Waals surface area contributed by atoms with E-state index in [-0.39, 0.29) is 13.2 Å². The Labute approximate surface area is 61.6 Å². The molecule has 0 aliphatic heterocycles. The van der Waals surface area contributed by atoms with Crippen LogP contribution in [0.5, 0.6) is 0 Å². The first kappa shape index (κ1) is 9.88. The van der Waals surface area contributed by atoms with Crippen LogP contribution in [0.15, 0.2) is 0 Å². The van der Waals surface area contributed by atoms with Gasteiger partial charge in [-0.05, 0) is 19.3 Å². The number of hydrogen-bond donors (Lipinski definition) is 2. The summed E-state index contributed by atoms with van der Waals surface area (Å²) >= 11 is 0. The number of aliphatic hydroxyl groups excluding tert-OH is 2. The van der Waals surface area contributed by atoms with Crippen LogP contribution in [0.1, 0.15) is 19.3 Å². The number of ether oxygens (including phenoxy) is 1. The third-order valence-electron chi connectivity index (χ3n) is 1.14. The number of hydrogen-bond acceptors (Lipinski definition) is 3. The summed E-state index contributed by atoms with van der Waals surface area (Å²) in [6.45, 7) is 1.76. The molecule has 0 aliphatic carbocycles. The normalized spacial score (nSPS) is 10.2. The second-order valence-corrected chi connectivity index (χ2v) is 2.12. The van der Waals surface area contributed by atoms with Crippen molar-refractivity contribution in [2.45, 2.75) is 19.3 Å². The quantitative estimate of drug-likeness (QED) is 0.505. The number of rotatable bonds is 7. The largest absolute Gasteiger partial charge is 0.396 e. The Bertz CT molecular complexity index is 48.8. The molecule has 0 fully saturated rings. The molecule has 0 spiro atoms. The van der Waals surface area contributed by atoms with E-state index in [1.165, 1.54) is 0 Å². The minimum Gasteiger partial charge on any atom is -0.396 e. The average molecular weight is 148 g/mol. The summed E-state index contributed by atoms with van der Waals surface area (Å²) in [7, 11) is 0. The van der Waals surface area contributed by atoms with Gasteiger partial charge in [-0.2, -0.15) is 0 Å². The highest BCUT2D eigenvalue weighted by molar-refractivity contribution is 4.36. The van der Waals surface area contributed by atoms with Gasteiger partial charge in [-0.1, -0.05) is 0 Å². The highest BCUT2D eigenvalue weighted by Gasteiger charge is 1.87. The molecule has 0 unspecified atom stereocenters. The molecule has 0 saturated carbocycles. The van der Waals surface area contributed by atoms with E-state index in [4.69, 9.17) is 14.9 Å². The van der Waals surface area contributed by atoms with E-state index < -0.39 is 0 Å². The minimum atomic E-state index is 0.194. The first-order valence-corrected chi connectivity index (χ1v) is 3.71. The van der Waals surface area contributed by atoms with Crippen LogP contribution in [0.3, 0.4) is 0 Å². The van der Waals surface area contributed by atoms with Crippen molar-refractivity contribution in [1.82, 2.24) is 0 Å². The summed E-state index contributed by atoms with van der Waals surface area (Å²) in [5, 5.41) is 16.7. The monoisotopic (exact) mass is 148 g/mol. The zero-order valence-corrected chi connectivity index (χ0v) is 6.25. The van der Waals surface area contributed by atoms with Crippen molar-refractivity contribution in [1.29, 1.82) is 0 Å². The van der Waals surface area contributed by atoms with Crippen LogP contribution in [0.4, 0.5) is 0 Å². The maximum atomic E-state index is 8.37. The van der Waals surface area contributed by atoms with Gasteiger partial charge in [0.15, 0.2) is 0 Å². The van der Waals surface area contributed by atoms with Crippen molar-refractivity contribution in [2.75, 3.05) is 26.4 Å². The molecule has 0 rings (SSSR count). The fourth-order valence-electron chi connectivity index (χ4n) is 0.585. The topological polar surface area (TPSA) is 49.7 Å². The van der Waals surface area contributed by atoms with Crippen molar-refractivity contribution >= 4 is 0 Å². The molecule has 62 valence electrons. The molecular weight excluding hydrogens is 132 g/mol. The third kappa shape index (κ3) is 7.88. The second kappa shape index (κ2) is 8.88. The van der Waals surface area contributed by atoms with Crippen molar-refractivity contribution < 1.29 is 14.9 Å². The van der Waals surface area contributed by atoms with E-state index in [1.807, 2.05) is 0 Å². The van der Waals surface area contributed by atoms with Crippen molar-refractivity contribution in [2.24, 2.45) is 0 Å². The van der Waals surface area contributed by atoms with Crippen LogP contribution in [-0.4, -0.2) is 36.6 Å². The predicted octanol–water partition coefficient (Wildman–Crippen LogP) is 0.158. The molecule has 2 N–H and O–H groups in total. The van der Waals surface area contributed by atoms with Gasteiger partial charge in [0.25, 0.3) is 0 Å². The van der Waals surface area contributed by atoms with Crippen LogP contribution < -0.4 is 0 Å². The molecule has 0 aliphatic rings. The first-order chi connectivity index (χ1) is 4.91. The lowest BCUT2D eigenvalue weighted by atomic mass is 10.3. The lowest BCUT2D eigenvalue weighted by molar-refractivity contribution is 0.109. The van der Waals surface area contributed by atoms with E-state index in [2.05, 4.69) is 0 Å². The van der Waals surface area contributed by atoms with Gasteiger partial charge in [-0.3, -0.25) is 0 Å². The molecule has 0 aromatic carbocycles. The van der Waals surface area contributed by atoms with Crippen molar-refractivity contribution in [3.8, 4) is 0 Å². The highest BCUT2D eigenvalue weighted by Crippen LogP contribution is 1.89.